The molecular formula is C16H18INO. The second-order valence-electron chi connectivity index (χ2n) is 4.68. The average Bonchev–Trinajstić information content (AvgIpc) is 2.41. The molecule has 0 radical (unpaired) electrons. The SMILES string of the molecule is COc1ccc(C(N)c2cccc(C)c2I)c(C)c1. The Hall–Kier alpha value is -1.07. The summed E-state index contributed by atoms with van der Waals surface area (Å²) in [7, 11) is 1.68. The van der Waals surface area contributed by atoms with Crippen LogP contribution in [0.4, 0.5) is 0 Å². The summed E-state index contributed by atoms with van der Waals surface area (Å²) in [4.78, 5) is 0. The minimum Gasteiger partial charge on any atom is -0.497 e. The van der Waals surface area contributed by atoms with Crippen LogP contribution in [0.2, 0.25) is 0 Å². The van der Waals surface area contributed by atoms with Crippen molar-refractivity contribution in [2.24, 2.45) is 5.73 Å². The van der Waals surface area contributed by atoms with Crippen LogP contribution < -0.4 is 10.5 Å². The summed E-state index contributed by atoms with van der Waals surface area (Å²) < 4.78 is 6.47. The minimum absolute atomic E-state index is 0.0993. The molecule has 0 aliphatic heterocycles. The smallest absolute Gasteiger partial charge is 0.119 e. The molecule has 2 N–H and O–H groups in total. The number of rotatable bonds is 3. The Bertz CT molecular complexity index is 595. The van der Waals surface area contributed by atoms with Crippen molar-refractivity contribution in [3.05, 3.63) is 62.2 Å². The molecule has 2 rings (SSSR count). The fraction of sp³-hybridized carbons (Fsp3) is 0.250. The van der Waals surface area contributed by atoms with Gasteiger partial charge in [-0.1, -0.05) is 24.3 Å². The molecule has 1 unspecified atom stereocenters. The zero-order chi connectivity index (χ0) is 14.0. The Labute approximate surface area is 128 Å². The number of halogens is 1. The van der Waals surface area contributed by atoms with Crippen LogP contribution in [0.15, 0.2) is 36.4 Å². The zero-order valence-corrected chi connectivity index (χ0v) is 13.6. The van der Waals surface area contributed by atoms with Gasteiger partial charge >= 0.3 is 0 Å². The molecule has 0 heterocycles. The predicted octanol–water partition coefficient (Wildman–Crippen LogP) is 3.96. The van der Waals surface area contributed by atoms with Gasteiger partial charge < -0.3 is 10.5 Å². The molecule has 19 heavy (non-hydrogen) atoms. The van der Waals surface area contributed by atoms with Crippen LogP contribution in [-0.4, -0.2) is 7.11 Å². The van der Waals surface area contributed by atoms with Gasteiger partial charge in [0.15, 0.2) is 0 Å². The highest BCUT2D eigenvalue weighted by atomic mass is 127. The van der Waals surface area contributed by atoms with Crippen molar-refractivity contribution in [1.29, 1.82) is 0 Å². The normalized spacial score (nSPS) is 12.3. The van der Waals surface area contributed by atoms with Crippen molar-refractivity contribution in [2.45, 2.75) is 19.9 Å². The summed E-state index contributed by atoms with van der Waals surface area (Å²) in [5.41, 5.74) is 11.2. The van der Waals surface area contributed by atoms with Gasteiger partial charge in [-0.15, -0.1) is 0 Å². The van der Waals surface area contributed by atoms with Crippen LogP contribution in [0.25, 0.3) is 0 Å². The molecule has 0 fully saturated rings. The van der Waals surface area contributed by atoms with E-state index in [0.717, 1.165) is 16.9 Å². The second kappa shape index (κ2) is 5.92. The molecule has 0 aliphatic rings. The predicted molar refractivity (Wildman–Crippen MR) is 87.7 cm³/mol. The van der Waals surface area contributed by atoms with E-state index in [4.69, 9.17) is 10.5 Å². The summed E-state index contributed by atoms with van der Waals surface area (Å²) in [5, 5.41) is 0. The quantitative estimate of drug-likeness (QED) is 0.834. The Balaban J connectivity index is 2.44. The third-order valence-electron chi connectivity index (χ3n) is 3.37. The lowest BCUT2D eigenvalue weighted by Gasteiger charge is -2.18. The number of hydrogen-bond donors (Lipinski definition) is 1. The molecule has 0 aromatic heterocycles. The fourth-order valence-electron chi connectivity index (χ4n) is 2.20. The van der Waals surface area contributed by atoms with Gasteiger partial charge in [0.25, 0.3) is 0 Å². The second-order valence-corrected chi connectivity index (χ2v) is 5.76. The Morgan fingerprint density at radius 1 is 1.05 bits per heavy atom. The number of nitrogens with two attached hydrogens (primary N) is 1. The van der Waals surface area contributed by atoms with Crippen molar-refractivity contribution >= 4 is 22.6 Å². The van der Waals surface area contributed by atoms with Gasteiger partial charge in [0.05, 0.1) is 13.2 Å². The van der Waals surface area contributed by atoms with E-state index in [1.807, 2.05) is 12.1 Å². The van der Waals surface area contributed by atoms with Crippen molar-refractivity contribution in [2.75, 3.05) is 7.11 Å². The molecule has 100 valence electrons. The Morgan fingerprint density at radius 2 is 1.79 bits per heavy atom. The lowest BCUT2D eigenvalue weighted by atomic mass is 9.95. The molecule has 2 nitrogen and oxygen atoms in total. The van der Waals surface area contributed by atoms with Crippen LogP contribution in [0.5, 0.6) is 5.75 Å². The first-order valence-corrected chi connectivity index (χ1v) is 7.27. The molecule has 3 heteroatoms. The highest BCUT2D eigenvalue weighted by Gasteiger charge is 2.15. The van der Waals surface area contributed by atoms with Crippen LogP contribution in [-0.2, 0) is 0 Å². The van der Waals surface area contributed by atoms with Gasteiger partial charge in [-0.05, 0) is 70.8 Å². The van der Waals surface area contributed by atoms with E-state index in [9.17, 15) is 0 Å². The lowest BCUT2D eigenvalue weighted by Crippen LogP contribution is -2.15. The number of methoxy groups -OCH3 is 1. The first-order chi connectivity index (χ1) is 9.04. The third-order valence-corrected chi connectivity index (χ3v) is 4.84. The highest BCUT2D eigenvalue weighted by molar-refractivity contribution is 14.1. The van der Waals surface area contributed by atoms with E-state index in [2.05, 4.69) is 60.7 Å². The topological polar surface area (TPSA) is 35.2 Å². The van der Waals surface area contributed by atoms with Gasteiger partial charge in [-0.3, -0.25) is 0 Å². The molecule has 0 saturated heterocycles. The molecule has 0 spiro atoms. The molecule has 2 aromatic carbocycles. The van der Waals surface area contributed by atoms with Crippen molar-refractivity contribution in [3.63, 3.8) is 0 Å². The number of hydrogen-bond acceptors (Lipinski definition) is 2. The van der Waals surface area contributed by atoms with Crippen LogP contribution in [0.3, 0.4) is 0 Å². The summed E-state index contributed by atoms with van der Waals surface area (Å²) in [6.45, 7) is 4.18. The van der Waals surface area contributed by atoms with E-state index < -0.39 is 0 Å². The van der Waals surface area contributed by atoms with E-state index in [1.54, 1.807) is 7.11 Å². The van der Waals surface area contributed by atoms with Gasteiger partial charge in [0, 0.05) is 3.57 Å². The first-order valence-electron chi connectivity index (χ1n) is 6.19. The maximum absolute atomic E-state index is 6.43. The zero-order valence-electron chi connectivity index (χ0n) is 11.4. The Morgan fingerprint density at radius 3 is 2.42 bits per heavy atom. The fourth-order valence-corrected chi connectivity index (χ4v) is 2.90. The Kier molecular flexibility index (Phi) is 4.47. The highest BCUT2D eigenvalue weighted by Crippen LogP contribution is 2.29. The van der Waals surface area contributed by atoms with Crippen molar-refractivity contribution in [3.8, 4) is 5.75 Å². The maximum atomic E-state index is 6.43. The van der Waals surface area contributed by atoms with E-state index in [-0.39, 0.29) is 6.04 Å². The van der Waals surface area contributed by atoms with Crippen molar-refractivity contribution < 1.29 is 4.74 Å². The first kappa shape index (κ1) is 14.3. The number of benzene rings is 2. The molecule has 1 atom stereocenters. The molecular weight excluding hydrogens is 349 g/mol. The van der Waals surface area contributed by atoms with Gasteiger partial charge in [-0.25, -0.2) is 0 Å². The van der Waals surface area contributed by atoms with Gasteiger partial charge in [0.1, 0.15) is 5.75 Å². The van der Waals surface area contributed by atoms with E-state index in [0.29, 0.717) is 0 Å². The molecule has 0 aliphatic carbocycles. The van der Waals surface area contributed by atoms with Crippen molar-refractivity contribution in [1.82, 2.24) is 0 Å². The monoisotopic (exact) mass is 367 g/mol. The van der Waals surface area contributed by atoms with Gasteiger partial charge in [0.2, 0.25) is 0 Å². The summed E-state index contributed by atoms with van der Waals surface area (Å²) in [5.74, 6) is 0.868. The molecule has 0 amide bonds. The number of ether oxygens (including phenoxy) is 1. The largest absolute Gasteiger partial charge is 0.497 e. The maximum Gasteiger partial charge on any atom is 0.119 e. The van der Waals surface area contributed by atoms with Crippen LogP contribution in [0.1, 0.15) is 28.3 Å². The molecule has 0 saturated carbocycles. The van der Waals surface area contributed by atoms with Crippen LogP contribution >= 0.6 is 22.6 Å². The standard InChI is InChI=1S/C16H18INO/c1-10-5-4-6-14(15(10)17)16(18)13-8-7-12(19-3)9-11(13)2/h4-9,16H,18H2,1-3H3. The summed E-state index contributed by atoms with van der Waals surface area (Å²) >= 11 is 2.37. The third kappa shape index (κ3) is 2.92. The number of aryl methyl sites for hydroxylation is 2. The van der Waals surface area contributed by atoms with E-state index in [1.165, 1.54) is 14.7 Å². The van der Waals surface area contributed by atoms with Gasteiger partial charge in [-0.2, -0.15) is 0 Å². The van der Waals surface area contributed by atoms with Crippen LogP contribution in [0, 0.1) is 17.4 Å². The molecule has 0 bridgehead atoms. The minimum atomic E-state index is -0.0993. The van der Waals surface area contributed by atoms with E-state index >= 15 is 0 Å². The summed E-state index contributed by atoms with van der Waals surface area (Å²) in [6, 6.07) is 12.2. The average molecular weight is 367 g/mol. The summed E-state index contributed by atoms with van der Waals surface area (Å²) in [6.07, 6.45) is 0. The lowest BCUT2D eigenvalue weighted by molar-refractivity contribution is 0.414. The molecule has 2 aromatic rings.